The summed E-state index contributed by atoms with van der Waals surface area (Å²) in [6.07, 6.45) is 7.66. The van der Waals surface area contributed by atoms with Gasteiger partial charge in [0.1, 0.15) is 0 Å². The van der Waals surface area contributed by atoms with Crippen LogP contribution in [0.5, 0.6) is 0 Å². The molecule has 96 heavy (non-hydrogen) atoms. The third-order valence-corrected chi connectivity index (χ3v) is 21.7. The summed E-state index contributed by atoms with van der Waals surface area (Å²) < 4.78 is 4.99. The van der Waals surface area contributed by atoms with Crippen molar-refractivity contribution in [1.82, 2.24) is 9.13 Å². The molecule has 16 aromatic rings. The van der Waals surface area contributed by atoms with Crippen LogP contribution >= 0.6 is 0 Å². The zero-order chi connectivity index (χ0) is 63.5. The van der Waals surface area contributed by atoms with E-state index in [4.69, 9.17) is 0 Å². The van der Waals surface area contributed by atoms with Gasteiger partial charge < -0.3 is 14.0 Å². The second-order valence-corrected chi connectivity index (χ2v) is 26.4. The highest BCUT2D eigenvalue weighted by Crippen LogP contribution is 2.68. The molecule has 2 unspecified atom stereocenters. The molecular formula is C93H65N3. The van der Waals surface area contributed by atoms with Gasteiger partial charge in [-0.05, 0) is 169 Å². The average Bonchev–Trinajstić information content (AvgIpc) is 1.50. The summed E-state index contributed by atoms with van der Waals surface area (Å²) in [4.78, 5) is 2.41. The monoisotopic (exact) mass is 1220 g/mol. The predicted molar refractivity (Wildman–Crippen MR) is 400 cm³/mol. The second kappa shape index (κ2) is 21.8. The molecule has 2 atom stereocenters. The van der Waals surface area contributed by atoms with Gasteiger partial charge in [-0.1, -0.05) is 280 Å². The predicted octanol–water partition coefficient (Wildman–Crippen LogP) is 23.5. The first-order valence-electron chi connectivity index (χ1n) is 33.6. The number of nitrogens with zero attached hydrogens (tertiary/aromatic N) is 3. The maximum atomic E-state index is 2.68. The van der Waals surface area contributed by atoms with Crippen molar-refractivity contribution in [2.45, 2.75) is 23.7 Å². The van der Waals surface area contributed by atoms with E-state index in [1.807, 2.05) is 0 Å². The van der Waals surface area contributed by atoms with E-state index < -0.39 is 16.2 Å². The molecule has 0 amide bonds. The van der Waals surface area contributed by atoms with Crippen LogP contribution in [0.4, 0.5) is 17.1 Å². The highest BCUT2D eigenvalue weighted by atomic mass is 15.1. The van der Waals surface area contributed by atoms with Crippen LogP contribution in [-0.4, -0.2) is 9.13 Å². The van der Waals surface area contributed by atoms with E-state index in [0.29, 0.717) is 0 Å². The first-order valence-corrected chi connectivity index (χ1v) is 33.6. The molecule has 14 aromatic carbocycles. The number of aromatic nitrogens is 2. The van der Waals surface area contributed by atoms with E-state index in [9.17, 15) is 0 Å². The van der Waals surface area contributed by atoms with Gasteiger partial charge in [0.05, 0.1) is 32.9 Å². The van der Waals surface area contributed by atoms with Crippen molar-refractivity contribution in [3.63, 3.8) is 0 Å². The van der Waals surface area contributed by atoms with Gasteiger partial charge in [0.2, 0.25) is 0 Å². The van der Waals surface area contributed by atoms with Gasteiger partial charge in [-0.2, -0.15) is 0 Å². The summed E-state index contributed by atoms with van der Waals surface area (Å²) in [6.45, 7) is 2.55. The summed E-state index contributed by atoms with van der Waals surface area (Å²) in [5.41, 5.74) is 25.8. The SMILES string of the molecule is CC12C=C(c3cc(-c4ccc5c(c4)C(c4ccccc4)(c4ccccc4)c4cc(-n6c7ccccc7c7ccccc76)ccc4-5)c4c(c3)c3ccccc3n4-c3ccccc3)C=CC1c1ccc(N(c3ccccc3)c3ccccc3)cc1C2(c1ccccc1)c1ccccc1. The Morgan fingerprint density at radius 3 is 1.35 bits per heavy atom. The molecule has 452 valence electrons. The Balaban J connectivity index is 0.863. The lowest BCUT2D eigenvalue weighted by Crippen LogP contribution is -2.43. The van der Waals surface area contributed by atoms with Crippen molar-refractivity contribution in [3.8, 4) is 33.6 Å². The Hall–Kier alpha value is -12.0. The Morgan fingerprint density at radius 2 is 0.792 bits per heavy atom. The molecule has 2 heterocycles. The van der Waals surface area contributed by atoms with Crippen LogP contribution in [0.25, 0.3) is 82.8 Å². The van der Waals surface area contributed by atoms with Crippen molar-refractivity contribution < 1.29 is 0 Å². The summed E-state index contributed by atoms with van der Waals surface area (Å²) in [6, 6.07) is 132. The number of hydrogen-bond donors (Lipinski definition) is 0. The summed E-state index contributed by atoms with van der Waals surface area (Å²) in [5, 5.41) is 4.91. The lowest BCUT2D eigenvalue weighted by molar-refractivity contribution is 0.290. The normalized spacial score (nSPS) is 16.3. The molecule has 0 aliphatic heterocycles. The molecule has 3 nitrogen and oxygen atoms in total. The molecule has 19 rings (SSSR count). The average molecular weight is 1220 g/mol. The van der Waals surface area contributed by atoms with Crippen LogP contribution in [0, 0.1) is 5.41 Å². The van der Waals surface area contributed by atoms with Crippen LogP contribution in [-0.2, 0) is 10.8 Å². The smallest absolute Gasteiger partial charge is 0.0714 e. The van der Waals surface area contributed by atoms with Crippen LogP contribution in [0.1, 0.15) is 62.9 Å². The fourth-order valence-corrected chi connectivity index (χ4v) is 17.8. The van der Waals surface area contributed by atoms with E-state index in [1.165, 1.54) is 116 Å². The molecule has 0 radical (unpaired) electrons. The molecule has 3 aliphatic carbocycles. The topological polar surface area (TPSA) is 13.1 Å². The highest BCUT2D eigenvalue weighted by Gasteiger charge is 2.61. The van der Waals surface area contributed by atoms with Gasteiger partial charge >= 0.3 is 0 Å². The van der Waals surface area contributed by atoms with Gasteiger partial charge in [0.25, 0.3) is 0 Å². The molecule has 0 bridgehead atoms. The van der Waals surface area contributed by atoms with Crippen molar-refractivity contribution in [3.05, 3.63) is 420 Å². The third kappa shape index (κ3) is 8.01. The van der Waals surface area contributed by atoms with E-state index >= 15 is 0 Å². The maximum absolute atomic E-state index is 2.68. The molecule has 3 heteroatoms. The molecule has 0 fully saturated rings. The van der Waals surface area contributed by atoms with Crippen LogP contribution in [0.3, 0.4) is 0 Å². The Kier molecular flexibility index (Phi) is 12.6. The first-order chi connectivity index (χ1) is 47.5. The summed E-state index contributed by atoms with van der Waals surface area (Å²) in [5.74, 6) is 0.0359. The molecule has 3 aliphatic rings. The van der Waals surface area contributed by atoms with Crippen molar-refractivity contribution in [2.75, 3.05) is 4.90 Å². The van der Waals surface area contributed by atoms with Gasteiger partial charge in [-0.15, -0.1) is 0 Å². The van der Waals surface area contributed by atoms with E-state index in [-0.39, 0.29) is 5.92 Å². The fourth-order valence-electron chi connectivity index (χ4n) is 17.8. The molecule has 0 saturated heterocycles. The lowest BCUT2D eigenvalue weighted by atomic mass is 9.54. The fraction of sp³-hybridized carbons (Fsp3) is 0.0538. The molecule has 2 aromatic heterocycles. The minimum Gasteiger partial charge on any atom is -0.310 e. The standard InChI is InChI=1S/C93H65N3/c1-91-62-64(50-56-83(91)80-55-52-73(94(70-37-17-6-18-38-70)71-39-19-7-20-40-71)61-86(80)93(91,68-33-13-4-14-34-68)69-35-15-5-16-36-69)65-57-81(90-82(58-65)79-45-25-28-48-89(79)96(90)72-41-21-8-22-42-72)63-49-53-75-76-54-51-74(95-87-46-26-23-43-77(87)78-44-24-27-47-88(78)95)60-85(76)92(84(75)59-63,66-29-9-2-10-30-66)67-31-11-3-12-32-67/h2-62,83H,1H3. The van der Waals surface area contributed by atoms with Crippen molar-refractivity contribution in [1.29, 1.82) is 0 Å². The number of para-hydroxylation sites is 6. The Bertz CT molecular complexity index is 5600. The minimum atomic E-state index is -0.701. The Morgan fingerprint density at radius 1 is 0.323 bits per heavy atom. The number of anilines is 3. The van der Waals surface area contributed by atoms with Crippen molar-refractivity contribution >= 4 is 66.2 Å². The number of hydrogen-bond acceptors (Lipinski definition) is 1. The number of rotatable bonds is 11. The van der Waals surface area contributed by atoms with Gasteiger partial charge in [0.15, 0.2) is 0 Å². The zero-order valence-electron chi connectivity index (χ0n) is 53.1. The minimum absolute atomic E-state index is 0.0359. The highest BCUT2D eigenvalue weighted by molar-refractivity contribution is 6.15. The maximum Gasteiger partial charge on any atom is 0.0714 e. The lowest BCUT2D eigenvalue weighted by Gasteiger charge is -2.47. The van der Waals surface area contributed by atoms with Gasteiger partial charge in [-0.3, -0.25) is 0 Å². The van der Waals surface area contributed by atoms with Crippen LogP contribution < -0.4 is 4.90 Å². The van der Waals surface area contributed by atoms with Gasteiger partial charge in [-0.25, -0.2) is 0 Å². The largest absolute Gasteiger partial charge is 0.310 e. The Labute approximate surface area is 559 Å². The van der Waals surface area contributed by atoms with E-state index in [2.05, 4.69) is 391 Å². The third-order valence-electron chi connectivity index (χ3n) is 21.7. The second-order valence-electron chi connectivity index (χ2n) is 26.4. The first kappa shape index (κ1) is 55.6. The molecular weight excluding hydrogens is 1160 g/mol. The number of benzene rings is 14. The van der Waals surface area contributed by atoms with Crippen LogP contribution in [0.15, 0.2) is 370 Å². The quantitative estimate of drug-likeness (QED) is 0.126. The summed E-state index contributed by atoms with van der Waals surface area (Å²) in [7, 11) is 0. The molecule has 0 saturated carbocycles. The molecule has 0 spiro atoms. The van der Waals surface area contributed by atoms with Crippen LogP contribution in [0.2, 0.25) is 0 Å². The number of allylic oxidation sites excluding steroid dienone is 4. The number of fused-ring (bicyclic) bond motifs is 12. The van der Waals surface area contributed by atoms with E-state index in [1.54, 1.807) is 0 Å². The van der Waals surface area contributed by atoms with Gasteiger partial charge in [0, 0.05) is 66.9 Å². The summed E-state index contributed by atoms with van der Waals surface area (Å²) >= 11 is 0. The van der Waals surface area contributed by atoms with E-state index in [0.717, 1.165) is 34.0 Å². The molecule has 0 N–H and O–H groups in total. The van der Waals surface area contributed by atoms with Crippen molar-refractivity contribution in [2.24, 2.45) is 5.41 Å². The zero-order valence-corrected chi connectivity index (χ0v) is 53.1.